The van der Waals surface area contributed by atoms with Crippen LogP contribution in [0.3, 0.4) is 0 Å². The Hall–Kier alpha value is -0.930. The van der Waals surface area contributed by atoms with E-state index in [0.29, 0.717) is 11.5 Å². The summed E-state index contributed by atoms with van der Waals surface area (Å²) in [7, 11) is 0. The zero-order chi connectivity index (χ0) is 17.0. The molecule has 3 rings (SSSR count). The molecule has 0 saturated carbocycles. The summed E-state index contributed by atoms with van der Waals surface area (Å²) in [4.78, 5) is 13.0. The average molecular weight is 318 g/mol. The van der Waals surface area contributed by atoms with Gasteiger partial charge in [-0.1, -0.05) is 31.6 Å². The number of ether oxygens (including phenoxy) is 1. The normalized spacial score (nSPS) is 49.9. The van der Waals surface area contributed by atoms with Gasteiger partial charge in [0.15, 0.2) is 5.78 Å². The monoisotopic (exact) mass is 318 g/mol. The lowest BCUT2D eigenvalue weighted by Gasteiger charge is -2.51. The van der Waals surface area contributed by atoms with E-state index in [9.17, 15) is 9.90 Å². The number of ketones is 1. The Morgan fingerprint density at radius 3 is 2.61 bits per heavy atom. The molecule has 3 heteroatoms. The molecule has 0 aromatic carbocycles. The van der Waals surface area contributed by atoms with Gasteiger partial charge in [-0.25, -0.2) is 0 Å². The van der Waals surface area contributed by atoms with Crippen LogP contribution in [0.15, 0.2) is 23.3 Å². The summed E-state index contributed by atoms with van der Waals surface area (Å²) in [6.07, 6.45) is 8.39. The summed E-state index contributed by atoms with van der Waals surface area (Å²) in [5.74, 6) is 0.341. The summed E-state index contributed by atoms with van der Waals surface area (Å²) in [6.45, 7) is 10.4. The SMILES string of the molecule is C/C1=C/CCC2(C)OC2C(=O)C2=CCC(C)C(C)(CC1)C2(C)O. The quantitative estimate of drug-likeness (QED) is 0.543. The van der Waals surface area contributed by atoms with E-state index in [1.807, 2.05) is 19.9 Å². The molecular weight excluding hydrogens is 288 g/mol. The van der Waals surface area contributed by atoms with E-state index in [0.717, 1.165) is 32.1 Å². The van der Waals surface area contributed by atoms with Gasteiger partial charge in [0.1, 0.15) is 11.7 Å². The Balaban J connectivity index is 2.04. The van der Waals surface area contributed by atoms with Crippen LogP contribution in [0.25, 0.3) is 0 Å². The summed E-state index contributed by atoms with van der Waals surface area (Å²) in [5.41, 5.74) is 0.191. The smallest absolute Gasteiger partial charge is 0.193 e. The number of hydrogen-bond acceptors (Lipinski definition) is 3. The number of fused-ring (bicyclic) bond motifs is 3. The third-order valence-corrected chi connectivity index (χ3v) is 6.96. The van der Waals surface area contributed by atoms with Crippen molar-refractivity contribution in [2.24, 2.45) is 11.3 Å². The fourth-order valence-corrected chi connectivity index (χ4v) is 4.43. The van der Waals surface area contributed by atoms with Crippen molar-refractivity contribution in [1.29, 1.82) is 0 Å². The number of carbonyl (C=O) groups excluding carboxylic acids is 1. The third kappa shape index (κ3) is 2.53. The number of epoxide rings is 1. The third-order valence-electron chi connectivity index (χ3n) is 6.96. The molecule has 1 fully saturated rings. The second kappa shape index (κ2) is 5.29. The van der Waals surface area contributed by atoms with Crippen LogP contribution < -0.4 is 0 Å². The van der Waals surface area contributed by atoms with Gasteiger partial charge in [0, 0.05) is 11.0 Å². The molecule has 1 heterocycles. The number of allylic oxidation sites excluding steroid dienone is 3. The predicted molar refractivity (Wildman–Crippen MR) is 91.1 cm³/mol. The van der Waals surface area contributed by atoms with E-state index in [4.69, 9.17) is 4.74 Å². The molecule has 0 amide bonds. The summed E-state index contributed by atoms with van der Waals surface area (Å²) in [6, 6.07) is 0. The van der Waals surface area contributed by atoms with Crippen molar-refractivity contribution in [3.05, 3.63) is 23.3 Å². The molecule has 3 nitrogen and oxygen atoms in total. The van der Waals surface area contributed by atoms with Crippen molar-refractivity contribution in [2.45, 2.75) is 84.0 Å². The van der Waals surface area contributed by atoms with Crippen molar-refractivity contribution in [2.75, 3.05) is 0 Å². The lowest BCUT2D eigenvalue weighted by molar-refractivity contribution is -0.125. The number of Topliss-reactive ketones (excluding diaryl/α,β-unsaturated/α-hetero) is 1. The fourth-order valence-electron chi connectivity index (χ4n) is 4.43. The number of rotatable bonds is 0. The van der Waals surface area contributed by atoms with Crippen LogP contribution in [-0.4, -0.2) is 28.2 Å². The summed E-state index contributed by atoms with van der Waals surface area (Å²) >= 11 is 0. The standard InChI is InChI=1S/C20H30O3/c1-13-7-6-11-19(4)17(23-19)16(21)15-9-8-14(2)18(3,12-10-13)20(15,5)22/h7,9,14,17,22H,6,8,10-12H2,1-5H3/b13-7-. The van der Waals surface area contributed by atoms with Gasteiger partial charge in [-0.05, 0) is 58.8 Å². The minimum Gasteiger partial charge on any atom is -0.385 e. The highest BCUT2D eigenvalue weighted by Gasteiger charge is 2.61. The summed E-state index contributed by atoms with van der Waals surface area (Å²) in [5, 5.41) is 11.4. The molecule has 0 radical (unpaired) electrons. The second-order valence-corrected chi connectivity index (χ2v) is 8.51. The molecule has 0 aromatic rings. The average Bonchev–Trinajstić information content (AvgIpc) is 3.14. The number of carbonyl (C=O) groups is 1. The maximum atomic E-state index is 13.0. The zero-order valence-corrected chi connectivity index (χ0v) is 15.1. The molecule has 1 aliphatic heterocycles. The highest BCUT2D eigenvalue weighted by atomic mass is 16.6. The molecule has 5 atom stereocenters. The van der Waals surface area contributed by atoms with Crippen LogP contribution in [0, 0.1) is 11.3 Å². The predicted octanol–water partition coefficient (Wildman–Crippen LogP) is 3.96. The van der Waals surface area contributed by atoms with Gasteiger partial charge in [0.05, 0.1) is 5.60 Å². The lowest BCUT2D eigenvalue weighted by Crippen LogP contribution is -2.54. The molecule has 128 valence electrons. The fraction of sp³-hybridized carbons (Fsp3) is 0.750. The molecule has 1 saturated heterocycles. The molecule has 23 heavy (non-hydrogen) atoms. The first-order chi connectivity index (χ1) is 10.6. The Morgan fingerprint density at radius 2 is 1.91 bits per heavy atom. The molecule has 2 bridgehead atoms. The van der Waals surface area contributed by atoms with E-state index >= 15 is 0 Å². The minimum absolute atomic E-state index is 0.00287. The van der Waals surface area contributed by atoms with Gasteiger partial charge in [-0.3, -0.25) is 4.79 Å². The topological polar surface area (TPSA) is 49.8 Å². The van der Waals surface area contributed by atoms with Gasteiger partial charge in [-0.2, -0.15) is 0 Å². The van der Waals surface area contributed by atoms with Crippen molar-refractivity contribution in [3.8, 4) is 0 Å². The van der Waals surface area contributed by atoms with Crippen LogP contribution in [0.5, 0.6) is 0 Å². The van der Waals surface area contributed by atoms with E-state index in [1.165, 1.54) is 5.57 Å². The Bertz CT molecular complexity index is 586. The van der Waals surface area contributed by atoms with Gasteiger partial charge in [0.2, 0.25) is 0 Å². The first kappa shape index (κ1) is 16.9. The van der Waals surface area contributed by atoms with E-state index in [1.54, 1.807) is 0 Å². The maximum absolute atomic E-state index is 13.0. The second-order valence-electron chi connectivity index (χ2n) is 8.51. The Labute approximate surface area is 139 Å². The summed E-state index contributed by atoms with van der Waals surface area (Å²) < 4.78 is 5.78. The zero-order valence-electron chi connectivity index (χ0n) is 15.1. The first-order valence-corrected chi connectivity index (χ1v) is 8.92. The maximum Gasteiger partial charge on any atom is 0.193 e. The molecule has 0 spiro atoms. The molecule has 5 unspecified atom stereocenters. The minimum atomic E-state index is -1.10. The van der Waals surface area contributed by atoms with Gasteiger partial charge < -0.3 is 9.84 Å². The molecular formula is C20H30O3. The molecule has 0 aromatic heterocycles. The highest BCUT2D eigenvalue weighted by Crippen LogP contribution is 2.54. The Kier molecular flexibility index (Phi) is 3.89. The van der Waals surface area contributed by atoms with Gasteiger partial charge >= 0.3 is 0 Å². The van der Waals surface area contributed by atoms with Crippen molar-refractivity contribution >= 4 is 5.78 Å². The highest BCUT2D eigenvalue weighted by molar-refractivity contribution is 6.03. The molecule has 2 aliphatic carbocycles. The molecule has 1 N–H and O–H groups in total. The van der Waals surface area contributed by atoms with Crippen LogP contribution in [0.1, 0.15) is 66.7 Å². The van der Waals surface area contributed by atoms with Gasteiger partial charge in [-0.15, -0.1) is 0 Å². The first-order valence-electron chi connectivity index (χ1n) is 8.92. The van der Waals surface area contributed by atoms with E-state index in [-0.39, 0.29) is 22.9 Å². The van der Waals surface area contributed by atoms with Crippen molar-refractivity contribution in [1.82, 2.24) is 0 Å². The van der Waals surface area contributed by atoms with Gasteiger partial charge in [0.25, 0.3) is 0 Å². The van der Waals surface area contributed by atoms with Crippen LogP contribution in [0.4, 0.5) is 0 Å². The Morgan fingerprint density at radius 1 is 1.22 bits per heavy atom. The van der Waals surface area contributed by atoms with Crippen LogP contribution in [0.2, 0.25) is 0 Å². The van der Waals surface area contributed by atoms with Crippen LogP contribution >= 0.6 is 0 Å². The number of aliphatic hydroxyl groups is 1. The van der Waals surface area contributed by atoms with Crippen LogP contribution in [-0.2, 0) is 9.53 Å². The van der Waals surface area contributed by atoms with Crippen molar-refractivity contribution < 1.29 is 14.6 Å². The lowest BCUT2D eigenvalue weighted by atomic mass is 9.56. The molecule has 3 aliphatic rings. The van der Waals surface area contributed by atoms with Crippen molar-refractivity contribution in [3.63, 3.8) is 0 Å². The number of hydrogen-bond donors (Lipinski definition) is 1. The van der Waals surface area contributed by atoms with E-state index in [2.05, 4.69) is 26.8 Å². The van der Waals surface area contributed by atoms with E-state index < -0.39 is 5.60 Å². The largest absolute Gasteiger partial charge is 0.385 e.